The quantitative estimate of drug-likeness (QED) is 0.668. The second kappa shape index (κ2) is 7.84. The third kappa shape index (κ3) is 3.49. The predicted octanol–water partition coefficient (Wildman–Crippen LogP) is 3.57. The molecule has 30 heavy (non-hydrogen) atoms. The number of amides is 1. The monoisotopic (exact) mass is 403 g/mol. The molecule has 6 nitrogen and oxygen atoms in total. The summed E-state index contributed by atoms with van der Waals surface area (Å²) in [7, 11) is 0. The zero-order valence-corrected chi connectivity index (χ0v) is 17.8. The van der Waals surface area contributed by atoms with Crippen LogP contribution in [0.25, 0.3) is 5.65 Å². The van der Waals surface area contributed by atoms with Crippen molar-refractivity contribution in [3.05, 3.63) is 64.9 Å². The van der Waals surface area contributed by atoms with Gasteiger partial charge in [0.25, 0.3) is 5.91 Å². The van der Waals surface area contributed by atoms with Gasteiger partial charge in [-0.3, -0.25) is 14.1 Å². The first-order valence-corrected chi connectivity index (χ1v) is 11.0. The summed E-state index contributed by atoms with van der Waals surface area (Å²) < 4.78 is 2.04. The van der Waals surface area contributed by atoms with Gasteiger partial charge in [0.1, 0.15) is 6.33 Å². The van der Waals surface area contributed by atoms with Gasteiger partial charge in [0.2, 0.25) is 0 Å². The van der Waals surface area contributed by atoms with Gasteiger partial charge in [-0.1, -0.05) is 18.2 Å². The van der Waals surface area contributed by atoms with Crippen LogP contribution >= 0.6 is 0 Å². The Balaban J connectivity index is 1.35. The fourth-order valence-corrected chi connectivity index (χ4v) is 4.85. The van der Waals surface area contributed by atoms with Gasteiger partial charge in [-0.05, 0) is 62.4 Å². The van der Waals surface area contributed by atoms with Crippen molar-refractivity contribution in [1.29, 1.82) is 0 Å². The lowest BCUT2D eigenvalue weighted by Crippen LogP contribution is -2.28. The summed E-state index contributed by atoms with van der Waals surface area (Å²) in [6, 6.07) is 8.85. The van der Waals surface area contributed by atoms with E-state index in [1.54, 1.807) is 6.33 Å². The third-order valence-corrected chi connectivity index (χ3v) is 6.73. The summed E-state index contributed by atoms with van der Waals surface area (Å²) in [6.07, 6.45) is 6.88. The van der Waals surface area contributed by atoms with Crippen molar-refractivity contribution in [3.63, 3.8) is 0 Å². The Bertz CT molecular complexity index is 1080. The average Bonchev–Trinajstić information content (AvgIpc) is 3.50. The Morgan fingerprint density at radius 3 is 2.70 bits per heavy atom. The number of benzene rings is 1. The molecule has 5 rings (SSSR count). The van der Waals surface area contributed by atoms with Gasteiger partial charge in [0, 0.05) is 44.0 Å². The second-order valence-corrected chi connectivity index (χ2v) is 8.80. The number of imidazole rings is 1. The lowest BCUT2D eigenvalue weighted by molar-refractivity contribution is 0.0789. The molecule has 0 radical (unpaired) electrons. The zero-order valence-electron chi connectivity index (χ0n) is 17.8. The molecule has 0 aliphatic carbocycles. The lowest BCUT2D eigenvalue weighted by Gasteiger charge is -2.18. The Morgan fingerprint density at radius 2 is 1.90 bits per heavy atom. The van der Waals surface area contributed by atoms with Crippen molar-refractivity contribution < 1.29 is 4.79 Å². The van der Waals surface area contributed by atoms with Crippen LogP contribution in [0.5, 0.6) is 0 Å². The number of nitrogens with zero attached hydrogens (tertiary/aromatic N) is 5. The fourth-order valence-electron chi connectivity index (χ4n) is 4.85. The van der Waals surface area contributed by atoms with Crippen LogP contribution in [0.2, 0.25) is 0 Å². The van der Waals surface area contributed by atoms with E-state index in [9.17, 15) is 4.79 Å². The van der Waals surface area contributed by atoms with Crippen LogP contribution in [0.15, 0.2) is 36.8 Å². The molecule has 4 heterocycles. The van der Waals surface area contributed by atoms with Crippen LogP contribution < -0.4 is 0 Å². The topological polar surface area (TPSA) is 53.7 Å². The van der Waals surface area contributed by atoms with Crippen LogP contribution in [-0.4, -0.2) is 56.3 Å². The van der Waals surface area contributed by atoms with Gasteiger partial charge in [-0.2, -0.15) is 0 Å². The molecule has 6 heteroatoms. The number of rotatable bonds is 4. The number of likely N-dealkylation sites (tertiary alicyclic amines) is 2. The van der Waals surface area contributed by atoms with Crippen molar-refractivity contribution in [3.8, 4) is 0 Å². The van der Waals surface area contributed by atoms with Crippen LogP contribution in [0.1, 0.15) is 58.1 Å². The summed E-state index contributed by atoms with van der Waals surface area (Å²) in [5.74, 6) is 0.438. The van der Waals surface area contributed by atoms with Gasteiger partial charge in [0.15, 0.2) is 11.3 Å². The molecule has 0 bridgehead atoms. The Morgan fingerprint density at radius 1 is 1.07 bits per heavy atom. The molecule has 1 amide bonds. The number of carbonyl (C=O) groups excluding carboxylic acids is 1. The summed E-state index contributed by atoms with van der Waals surface area (Å²) in [5, 5.41) is 0. The van der Waals surface area contributed by atoms with Gasteiger partial charge in [0.05, 0.1) is 0 Å². The van der Waals surface area contributed by atoms with Crippen LogP contribution in [0, 0.1) is 13.8 Å². The molecular weight excluding hydrogens is 374 g/mol. The predicted molar refractivity (Wildman–Crippen MR) is 117 cm³/mol. The highest BCUT2D eigenvalue weighted by Gasteiger charge is 2.28. The van der Waals surface area contributed by atoms with E-state index < -0.39 is 0 Å². The van der Waals surface area contributed by atoms with Crippen molar-refractivity contribution in [2.45, 2.75) is 45.6 Å². The maximum Gasteiger partial charge on any atom is 0.276 e. The molecule has 2 saturated heterocycles. The van der Waals surface area contributed by atoms with Crippen molar-refractivity contribution in [2.75, 3.05) is 26.2 Å². The Hall–Kier alpha value is -2.73. The van der Waals surface area contributed by atoms with Crippen LogP contribution in [0.3, 0.4) is 0 Å². The van der Waals surface area contributed by atoms with E-state index in [0.29, 0.717) is 17.3 Å². The molecule has 1 unspecified atom stereocenters. The lowest BCUT2D eigenvalue weighted by atomic mass is 10.0. The maximum atomic E-state index is 12.9. The van der Waals surface area contributed by atoms with E-state index in [2.05, 4.69) is 53.0 Å². The number of aryl methyl sites for hydroxylation is 2. The van der Waals surface area contributed by atoms with E-state index >= 15 is 0 Å². The van der Waals surface area contributed by atoms with Gasteiger partial charge in [-0.25, -0.2) is 9.97 Å². The smallest absolute Gasteiger partial charge is 0.276 e. The first kappa shape index (κ1) is 19.2. The number of hydrogen-bond acceptors (Lipinski definition) is 4. The van der Waals surface area contributed by atoms with Crippen LogP contribution in [0.4, 0.5) is 0 Å². The van der Waals surface area contributed by atoms with E-state index in [1.165, 1.54) is 22.4 Å². The highest BCUT2D eigenvalue weighted by Crippen LogP contribution is 2.29. The molecule has 3 aromatic rings. The van der Waals surface area contributed by atoms with E-state index in [0.717, 1.165) is 52.0 Å². The Labute approximate surface area is 177 Å². The van der Waals surface area contributed by atoms with Gasteiger partial charge >= 0.3 is 0 Å². The van der Waals surface area contributed by atoms with Crippen molar-refractivity contribution >= 4 is 11.6 Å². The number of fused-ring (bicyclic) bond motifs is 1. The molecule has 1 atom stereocenters. The highest BCUT2D eigenvalue weighted by atomic mass is 16.2. The zero-order chi connectivity index (χ0) is 20.7. The number of aromatic nitrogens is 3. The van der Waals surface area contributed by atoms with Crippen molar-refractivity contribution in [2.24, 2.45) is 0 Å². The molecule has 2 fully saturated rings. The first-order valence-electron chi connectivity index (χ1n) is 11.0. The average molecular weight is 404 g/mol. The van der Waals surface area contributed by atoms with Crippen molar-refractivity contribution in [1.82, 2.24) is 24.2 Å². The minimum atomic E-state index is 0.0161. The number of hydrogen-bond donors (Lipinski definition) is 0. The van der Waals surface area contributed by atoms with E-state index in [1.807, 2.05) is 15.5 Å². The van der Waals surface area contributed by atoms with E-state index in [4.69, 9.17) is 0 Å². The summed E-state index contributed by atoms with van der Waals surface area (Å²) in [5.41, 5.74) is 6.46. The number of carbonyl (C=O) groups is 1. The SMILES string of the molecule is Cc1ccc(CN2CCC(c3ccnc4c(C(=O)N5CCCC5)ncn34)C2)cc1C. The third-order valence-electron chi connectivity index (χ3n) is 6.73. The molecule has 0 N–H and O–H groups in total. The largest absolute Gasteiger partial charge is 0.337 e. The van der Waals surface area contributed by atoms with E-state index in [-0.39, 0.29) is 5.91 Å². The standard InChI is InChI=1S/C24H29N5O/c1-17-5-6-19(13-18(17)2)14-27-12-8-20(15-27)21-7-9-25-23-22(26-16-29(21)23)24(30)28-10-3-4-11-28/h5-7,9,13,16,20H,3-4,8,10-12,14-15H2,1-2H3. The first-order chi connectivity index (χ1) is 14.6. The molecule has 2 aromatic heterocycles. The minimum Gasteiger partial charge on any atom is -0.337 e. The maximum absolute atomic E-state index is 12.9. The molecule has 0 spiro atoms. The summed E-state index contributed by atoms with van der Waals surface area (Å²) in [4.78, 5) is 26.3. The fraction of sp³-hybridized carbons (Fsp3) is 0.458. The molecular formula is C24H29N5O. The van der Waals surface area contributed by atoms with Gasteiger partial charge in [-0.15, -0.1) is 0 Å². The molecule has 1 aromatic carbocycles. The summed E-state index contributed by atoms with van der Waals surface area (Å²) >= 11 is 0. The van der Waals surface area contributed by atoms with Crippen LogP contribution in [-0.2, 0) is 6.54 Å². The molecule has 0 saturated carbocycles. The highest BCUT2D eigenvalue weighted by molar-refractivity contribution is 5.98. The summed E-state index contributed by atoms with van der Waals surface area (Å²) in [6.45, 7) is 9.07. The van der Waals surface area contributed by atoms with Gasteiger partial charge < -0.3 is 4.90 Å². The molecule has 2 aliphatic heterocycles. The Kier molecular flexibility index (Phi) is 5.03. The molecule has 2 aliphatic rings. The molecule has 156 valence electrons. The minimum absolute atomic E-state index is 0.0161. The normalized spacial score (nSPS) is 19.8. The second-order valence-electron chi connectivity index (χ2n) is 8.80.